The molecule has 0 saturated heterocycles. The number of aryl methyl sites for hydroxylation is 1. The largest absolute Gasteiger partial charge is 0.372 e. The van der Waals surface area contributed by atoms with Crippen LogP contribution < -0.4 is 5.32 Å². The van der Waals surface area contributed by atoms with Crippen LogP contribution in [-0.2, 0) is 7.05 Å². The molecule has 1 heterocycles. The molecule has 0 aliphatic rings. The van der Waals surface area contributed by atoms with E-state index >= 15 is 0 Å². The zero-order chi connectivity index (χ0) is 10.8. The Morgan fingerprint density at radius 2 is 2.07 bits per heavy atom. The van der Waals surface area contributed by atoms with E-state index in [0.717, 1.165) is 11.5 Å². The maximum absolute atomic E-state index is 13.5. The molecular formula is C11H12FN3. The van der Waals surface area contributed by atoms with Gasteiger partial charge >= 0.3 is 0 Å². The van der Waals surface area contributed by atoms with Crippen molar-refractivity contribution in [1.29, 1.82) is 0 Å². The molecule has 0 aliphatic heterocycles. The lowest BCUT2D eigenvalue weighted by molar-refractivity contribution is 0.628. The summed E-state index contributed by atoms with van der Waals surface area (Å²) in [5.41, 5.74) is 1.33. The first-order valence-electron chi connectivity index (χ1n) is 4.69. The number of anilines is 1. The van der Waals surface area contributed by atoms with Crippen LogP contribution in [0.2, 0.25) is 0 Å². The van der Waals surface area contributed by atoms with Crippen molar-refractivity contribution in [2.45, 2.75) is 0 Å². The Hall–Kier alpha value is -1.84. The van der Waals surface area contributed by atoms with E-state index in [-0.39, 0.29) is 5.82 Å². The van der Waals surface area contributed by atoms with Gasteiger partial charge in [0.15, 0.2) is 0 Å². The molecule has 1 N–H and O–H groups in total. The van der Waals surface area contributed by atoms with E-state index in [1.165, 1.54) is 6.07 Å². The van der Waals surface area contributed by atoms with Crippen LogP contribution >= 0.6 is 0 Å². The van der Waals surface area contributed by atoms with Crippen molar-refractivity contribution in [3.05, 3.63) is 36.1 Å². The van der Waals surface area contributed by atoms with Gasteiger partial charge in [0.1, 0.15) is 11.6 Å². The van der Waals surface area contributed by atoms with Gasteiger partial charge in [-0.3, -0.25) is 4.68 Å². The fourth-order valence-corrected chi connectivity index (χ4v) is 1.51. The minimum Gasteiger partial charge on any atom is -0.372 e. The summed E-state index contributed by atoms with van der Waals surface area (Å²) in [4.78, 5) is 0. The molecule has 1 aromatic heterocycles. The van der Waals surface area contributed by atoms with E-state index in [1.54, 1.807) is 30.9 Å². The molecule has 2 rings (SSSR count). The Morgan fingerprint density at radius 3 is 2.67 bits per heavy atom. The van der Waals surface area contributed by atoms with Crippen LogP contribution in [0.5, 0.6) is 0 Å². The number of aromatic nitrogens is 2. The molecule has 2 aromatic rings. The van der Waals surface area contributed by atoms with Gasteiger partial charge in [0.2, 0.25) is 0 Å². The number of rotatable bonds is 2. The van der Waals surface area contributed by atoms with Crippen LogP contribution in [0.15, 0.2) is 30.3 Å². The van der Waals surface area contributed by atoms with Crippen molar-refractivity contribution in [3.63, 3.8) is 0 Å². The molecule has 0 saturated carbocycles. The topological polar surface area (TPSA) is 29.9 Å². The molecule has 0 spiro atoms. The predicted octanol–water partition coefficient (Wildman–Crippen LogP) is 2.27. The maximum Gasteiger partial charge on any atom is 0.148 e. The van der Waals surface area contributed by atoms with Crippen molar-refractivity contribution >= 4 is 5.82 Å². The third-order valence-corrected chi connectivity index (χ3v) is 2.29. The molecule has 0 aliphatic carbocycles. The van der Waals surface area contributed by atoms with Crippen molar-refractivity contribution in [3.8, 4) is 11.3 Å². The molecule has 15 heavy (non-hydrogen) atoms. The summed E-state index contributed by atoms with van der Waals surface area (Å²) in [6, 6.07) is 8.49. The molecule has 0 atom stereocenters. The Kier molecular flexibility index (Phi) is 2.41. The lowest BCUT2D eigenvalue weighted by Crippen LogP contribution is -1.96. The highest BCUT2D eigenvalue weighted by molar-refractivity contribution is 5.63. The third kappa shape index (κ3) is 1.70. The fraction of sp³-hybridized carbons (Fsp3) is 0.182. The molecule has 78 valence electrons. The average molecular weight is 205 g/mol. The van der Waals surface area contributed by atoms with Gasteiger partial charge in [0.25, 0.3) is 0 Å². The molecule has 4 heteroatoms. The highest BCUT2D eigenvalue weighted by Crippen LogP contribution is 2.24. The van der Waals surface area contributed by atoms with E-state index in [0.29, 0.717) is 5.56 Å². The number of nitrogens with one attached hydrogen (secondary N) is 1. The second-order valence-electron chi connectivity index (χ2n) is 3.27. The van der Waals surface area contributed by atoms with Gasteiger partial charge in [-0.15, -0.1) is 0 Å². The second-order valence-corrected chi connectivity index (χ2v) is 3.27. The van der Waals surface area contributed by atoms with Gasteiger partial charge in [-0.05, 0) is 12.1 Å². The number of hydrogen-bond donors (Lipinski definition) is 1. The number of halogens is 1. The van der Waals surface area contributed by atoms with E-state index in [1.807, 2.05) is 12.1 Å². The van der Waals surface area contributed by atoms with Crippen molar-refractivity contribution in [2.75, 3.05) is 12.4 Å². The average Bonchev–Trinajstić information content (AvgIpc) is 2.60. The van der Waals surface area contributed by atoms with Crippen molar-refractivity contribution in [1.82, 2.24) is 9.78 Å². The molecule has 0 radical (unpaired) electrons. The first-order valence-corrected chi connectivity index (χ1v) is 4.69. The molecule has 1 aromatic carbocycles. The van der Waals surface area contributed by atoms with E-state index < -0.39 is 0 Å². The van der Waals surface area contributed by atoms with Crippen molar-refractivity contribution < 1.29 is 4.39 Å². The lowest BCUT2D eigenvalue weighted by Gasteiger charge is -2.01. The normalized spacial score (nSPS) is 10.3. The summed E-state index contributed by atoms with van der Waals surface area (Å²) in [6.07, 6.45) is 0. The van der Waals surface area contributed by atoms with Crippen LogP contribution in [0.1, 0.15) is 0 Å². The first kappa shape index (κ1) is 9.71. The van der Waals surface area contributed by atoms with Crippen LogP contribution in [-0.4, -0.2) is 16.8 Å². The Balaban J connectivity index is 2.54. The van der Waals surface area contributed by atoms with E-state index in [2.05, 4.69) is 10.4 Å². The smallest absolute Gasteiger partial charge is 0.148 e. The second kappa shape index (κ2) is 3.73. The Morgan fingerprint density at radius 1 is 1.33 bits per heavy atom. The van der Waals surface area contributed by atoms with E-state index in [4.69, 9.17) is 0 Å². The molecule has 0 bridgehead atoms. The highest BCUT2D eigenvalue weighted by atomic mass is 19.1. The summed E-state index contributed by atoms with van der Waals surface area (Å²) in [5, 5.41) is 7.11. The van der Waals surface area contributed by atoms with Gasteiger partial charge in [-0.25, -0.2) is 4.39 Å². The van der Waals surface area contributed by atoms with Crippen molar-refractivity contribution in [2.24, 2.45) is 7.05 Å². The predicted molar refractivity (Wildman–Crippen MR) is 58.1 cm³/mol. The Bertz CT molecular complexity index is 476. The summed E-state index contributed by atoms with van der Waals surface area (Å²) in [6.45, 7) is 0. The summed E-state index contributed by atoms with van der Waals surface area (Å²) >= 11 is 0. The molecule has 3 nitrogen and oxygen atoms in total. The monoisotopic (exact) mass is 205 g/mol. The van der Waals surface area contributed by atoms with Crippen LogP contribution in [0, 0.1) is 5.82 Å². The standard InChI is InChI=1S/C11H12FN3/c1-13-11-7-10(15(2)14-11)8-5-3-4-6-9(8)12/h3-7H,1-2H3,(H,13,14). The van der Waals surface area contributed by atoms with Gasteiger partial charge < -0.3 is 5.32 Å². The SMILES string of the molecule is CNc1cc(-c2ccccc2F)n(C)n1. The highest BCUT2D eigenvalue weighted by Gasteiger charge is 2.09. The molecular weight excluding hydrogens is 193 g/mol. The van der Waals surface area contributed by atoms with E-state index in [9.17, 15) is 4.39 Å². The lowest BCUT2D eigenvalue weighted by atomic mass is 10.1. The van der Waals surface area contributed by atoms with Gasteiger partial charge in [0, 0.05) is 25.7 Å². The third-order valence-electron chi connectivity index (χ3n) is 2.29. The quantitative estimate of drug-likeness (QED) is 0.815. The fourth-order valence-electron chi connectivity index (χ4n) is 1.51. The summed E-state index contributed by atoms with van der Waals surface area (Å²) in [5.74, 6) is 0.499. The van der Waals surface area contributed by atoms with Crippen LogP contribution in [0.25, 0.3) is 11.3 Å². The molecule has 0 unspecified atom stereocenters. The van der Waals surface area contributed by atoms with Gasteiger partial charge in [-0.2, -0.15) is 5.10 Å². The Labute approximate surface area is 87.5 Å². The minimum absolute atomic E-state index is 0.233. The maximum atomic E-state index is 13.5. The van der Waals surface area contributed by atoms with Gasteiger partial charge in [-0.1, -0.05) is 12.1 Å². The van der Waals surface area contributed by atoms with Gasteiger partial charge in [0.05, 0.1) is 5.69 Å². The number of hydrogen-bond acceptors (Lipinski definition) is 2. The van der Waals surface area contributed by atoms with Crippen LogP contribution in [0.4, 0.5) is 10.2 Å². The number of nitrogens with zero attached hydrogens (tertiary/aromatic N) is 2. The minimum atomic E-state index is -0.233. The molecule has 0 amide bonds. The zero-order valence-corrected chi connectivity index (χ0v) is 8.66. The zero-order valence-electron chi connectivity index (χ0n) is 8.66. The summed E-state index contributed by atoms with van der Waals surface area (Å²) < 4.78 is 15.2. The number of benzene rings is 1. The first-order chi connectivity index (χ1) is 7.22. The summed E-state index contributed by atoms with van der Waals surface area (Å²) in [7, 11) is 3.58. The van der Waals surface area contributed by atoms with Crippen LogP contribution in [0.3, 0.4) is 0 Å². The molecule has 0 fully saturated rings.